The maximum atomic E-state index is 13.1. The lowest BCUT2D eigenvalue weighted by molar-refractivity contribution is 0.0926. The highest BCUT2D eigenvalue weighted by atomic mass is 35.5. The van der Waals surface area contributed by atoms with E-state index >= 15 is 0 Å². The molecule has 0 unspecified atom stereocenters. The third-order valence-electron chi connectivity index (χ3n) is 5.90. The monoisotopic (exact) mass is 435 g/mol. The first kappa shape index (κ1) is 19.6. The summed E-state index contributed by atoms with van der Waals surface area (Å²) in [6, 6.07) is 11.2. The second-order valence-electron chi connectivity index (χ2n) is 8.01. The van der Waals surface area contributed by atoms with E-state index in [1.165, 1.54) is 0 Å². The lowest BCUT2D eigenvalue weighted by Crippen LogP contribution is -2.35. The lowest BCUT2D eigenvalue weighted by Gasteiger charge is -2.19. The number of halogens is 1. The number of aromatic amines is 2. The largest absolute Gasteiger partial charge is 0.497 e. The Balaban J connectivity index is 1.44. The molecule has 0 spiro atoms. The Morgan fingerprint density at radius 3 is 2.68 bits per heavy atom. The van der Waals surface area contributed by atoms with Gasteiger partial charge in [-0.25, -0.2) is 4.98 Å². The fourth-order valence-electron chi connectivity index (χ4n) is 4.06. The van der Waals surface area contributed by atoms with Crippen LogP contribution >= 0.6 is 11.6 Å². The van der Waals surface area contributed by atoms with Gasteiger partial charge in [-0.1, -0.05) is 11.6 Å². The van der Waals surface area contributed by atoms with Gasteiger partial charge < -0.3 is 15.0 Å². The maximum absolute atomic E-state index is 13.1. The minimum atomic E-state index is -0.469. The van der Waals surface area contributed by atoms with Crippen LogP contribution in [0.15, 0.2) is 36.4 Å². The van der Waals surface area contributed by atoms with Crippen LogP contribution in [0.2, 0.25) is 5.02 Å². The summed E-state index contributed by atoms with van der Waals surface area (Å²) >= 11 is 6.43. The number of nitrogens with one attached hydrogen (secondary N) is 3. The zero-order valence-corrected chi connectivity index (χ0v) is 18.2. The van der Waals surface area contributed by atoms with Gasteiger partial charge in [0.15, 0.2) is 0 Å². The molecule has 0 atom stereocenters. The Morgan fingerprint density at radius 2 is 2.00 bits per heavy atom. The number of hydrogen-bond acceptors (Lipinski definition) is 4. The molecule has 0 saturated heterocycles. The maximum Gasteiger partial charge on any atom is 0.268 e. The molecule has 3 heterocycles. The van der Waals surface area contributed by atoms with Crippen molar-refractivity contribution in [3.05, 3.63) is 64.1 Å². The van der Waals surface area contributed by atoms with Crippen LogP contribution in [0.1, 0.15) is 40.3 Å². The molecule has 1 saturated carbocycles. The number of aromatic nitrogens is 4. The molecule has 5 rings (SSSR count). The molecule has 4 aromatic rings. The number of aryl methyl sites for hydroxylation is 2. The first-order chi connectivity index (χ1) is 14.9. The van der Waals surface area contributed by atoms with Crippen LogP contribution < -0.4 is 10.1 Å². The predicted octanol–water partition coefficient (Wildman–Crippen LogP) is 4.65. The van der Waals surface area contributed by atoms with Crippen molar-refractivity contribution in [2.45, 2.75) is 32.2 Å². The van der Waals surface area contributed by atoms with Crippen LogP contribution in [0.5, 0.6) is 5.75 Å². The molecule has 8 heteroatoms. The molecular formula is C23H22ClN5O2. The number of rotatable bonds is 5. The number of pyridine rings is 1. The quantitative estimate of drug-likeness (QED) is 0.425. The van der Waals surface area contributed by atoms with E-state index in [1.807, 2.05) is 44.2 Å². The third-order valence-corrected chi connectivity index (χ3v) is 6.23. The number of hydrogen-bond donors (Lipinski definition) is 3. The fourth-order valence-corrected chi connectivity index (χ4v) is 4.36. The highest BCUT2D eigenvalue weighted by Crippen LogP contribution is 2.49. The first-order valence-electron chi connectivity index (χ1n) is 10.1. The molecule has 1 fully saturated rings. The van der Waals surface area contributed by atoms with E-state index < -0.39 is 5.54 Å². The summed E-state index contributed by atoms with van der Waals surface area (Å²) in [5.74, 6) is 0.527. The average molecular weight is 436 g/mol. The van der Waals surface area contributed by atoms with Gasteiger partial charge in [0.2, 0.25) is 0 Å². The zero-order chi connectivity index (χ0) is 21.8. The Hall–Kier alpha value is -3.32. The summed E-state index contributed by atoms with van der Waals surface area (Å²) in [6.45, 7) is 3.91. The van der Waals surface area contributed by atoms with E-state index in [0.717, 1.165) is 46.4 Å². The minimum Gasteiger partial charge on any atom is -0.497 e. The van der Waals surface area contributed by atoms with Gasteiger partial charge in [0.1, 0.15) is 17.1 Å². The van der Waals surface area contributed by atoms with Crippen molar-refractivity contribution in [3.63, 3.8) is 0 Å². The highest BCUT2D eigenvalue weighted by molar-refractivity contribution is 6.31. The number of carbonyl (C=O) groups is 1. The number of carbonyl (C=O) groups excluding carboxylic acids is 1. The van der Waals surface area contributed by atoms with Gasteiger partial charge in [0.05, 0.1) is 24.0 Å². The van der Waals surface area contributed by atoms with E-state index in [9.17, 15) is 4.79 Å². The van der Waals surface area contributed by atoms with E-state index in [-0.39, 0.29) is 5.91 Å². The van der Waals surface area contributed by atoms with Gasteiger partial charge in [-0.05, 0) is 68.7 Å². The fraction of sp³-hybridized carbons (Fsp3) is 0.261. The standard InChI is InChI=1S/C23H22ClN5O2/c1-12-20(13(2)29-28-12)18-7-4-14-10-19(26-21(14)25-18)22(30)27-23(8-9-23)16-11-15(31-3)5-6-17(16)24/h4-7,10-11H,8-9H2,1-3H3,(H,25,26)(H,27,30)(H,28,29). The molecule has 31 heavy (non-hydrogen) atoms. The average Bonchev–Trinajstić information content (AvgIpc) is 3.27. The van der Waals surface area contributed by atoms with Crippen LogP contribution in [0.3, 0.4) is 0 Å². The molecule has 0 radical (unpaired) electrons. The van der Waals surface area contributed by atoms with E-state index in [1.54, 1.807) is 13.2 Å². The minimum absolute atomic E-state index is 0.188. The van der Waals surface area contributed by atoms with Crippen molar-refractivity contribution in [2.24, 2.45) is 0 Å². The van der Waals surface area contributed by atoms with Crippen LogP contribution in [-0.2, 0) is 5.54 Å². The lowest BCUT2D eigenvalue weighted by atomic mass is 10.0. The SMILES string of the molecule is COc1ccc(Cl)c(C2(NC(=O)c3cc4ccc(-c5c(C)n[nH]c5C)nc4[nH]3)CC2)c1. The summed E-state index contributed by atoms with van der Waals surface area (Å²) in [7, 11) is 1.61. The Labute approximate surface area is 184 Å². The second kappa shape index (κ2) is 7.13. The molecule has 1 aliphatic rings. The van der Waals surface area contributed by atoms with Crippen LogP contribution in [0.25, 0.3) is 22.3 Å². The van der Waals surface area contributed by atoms with Gasteiger partial charge in [-0.2, -0.15) is 5.10 Å². The first-order valence-corrected chi connectivity index (χ1v) is 10.5. The number of amides is 1. The van der Waals surface area contributed by atoms with Crippen molar-refractivity contribution in [2.75, 3.05) is 7.11 Å². The zero-order valence-electron chi connectivity index (χ0n) is 17.5. The molecule has 1 amide bonds. The van der Waals surface area contributed by atoms with Gasteiger partial charge >= 0.3 is 0 Å². The van der Waals surface area contributed by atoms with Crippen molar-refractivity contribution in [3.8, 4) is 17.0 Å². The number of benzene rings is 1. The number of nitrogens with zero attached hydrogens (tertiary/aromatic N) is 2. The molecule has 0 bridgehead atoms. The van der Waals surface area contributed by atoms with Crippen molar-refractivity contribution in [1.82, 2.24) is 25.5 Å². The van der Waals surface area contributed by atoms with Crippen LogP contribution in [-0.4, -0.2) is 33.2 Å². The molecule has 1 aromatic carbocycles. The van der Waals surface area contributed by atoms with Crippen LogP contribution in [0.4, 0.5) is 0 Å². The molecular weight excluding hydrogens is 414 g/mol. The van der Waals surface area contributed by atoms with Gasteiger partial charge in [0.25, 0.3) is 5.91 Å². The number of ether oxygens (including phenoxy) is 1. The Kier molecular flexibility index (Phi) is 4.51. The summed E-state index contributed by atoms with van der Waals surface area (Å²) in [4.78, 5) is 21.0. The predicted molar refractivity (Wildman–Crippen MR) is 120 cm³/mol. The molecule has 7 nitrogen and oxygen atoms in total. The van der Waals surface area contributed by atoms with Gasteiger partial charge in [-0.15, -0.1) is 0 Å². The van der Waals surface area contributed by atoms with Crippen molar-refractivity contribution in [1.29, 1.82) is 0 Å². The molecule has 0 aliphatic heterocycles. The Morgan fingerprint density at radius 1 is 1.19 bits per heavy atom. The molecule has 3 N–H and O–H groups in total. The molecule has 3 aromatic heterocycles. The van der Waals surface area contributed by atoms with Gasteiger partial charge in [-0.3, -0.25) is 9.89 Å². The van der Waals surface area contributed by atoms with Gasteiger partial charge in [0, 0.05) is 21.7 Å². The topological polar surface area (TPSA) is 95.7 Å². The number of H-pyrrole nitrogens is 2. The second-order valence-corrected chi connectivity index (χ2v) is 8.42. The summed E-state index contributed by atoms with van der Waals surface area (Å²) in [5.41, 5.74) is 5.17. The number of methoxy groups -OCH3 is 1. The van der Waals surface area contributed by atoms with E-state index in [4.69, 9.17) is 21.3 Å². The third kappa shape index (κ3) is 3.35. The summed E-state index contributed by atoms with van der Waals surface area (Å²) in [6.07, 6.45) is 1.65. The smallest absolute Gasteiger partial charge is 0.268 e. The molecule has 1 aliphatic carbocycles. The van der Waals surface area contributed by atoms with Crippen molar-refractivity contribution < 1.29 is 9.53 Å². The van der Waals surface area contributed by atoms with Crippen molar-refractivity contribution >= 4 is 28.5 Å². The number of fused-ring (bicyclic) bond motifs is 1. The van der Waals surface area contributed by atoms with E-state index in [2.05, 4.69) is 20.5 Å². The van der Waals surface area contributed by atoms with E-state index in [0.29, 0.717) is 22.1 Å². The summed E-state index contributed by atoms with van der Waals surface area (Å²) < 4.78 is 5.33. The normalized spacial score (nSPS) is 14.6. The highest BCUT2D eigenvalue weighted by Gasteiger charge is 2.47. The molecule has 158 valence electrons. The summed E-state index contributed by atoms with van der Waals surface area (Å²) in [5, 5.41) is 11.9. The Bertz CT molecular complexity index is 1300. The van der Waals surface area contributed by atoms with Crippen LogP contribution in [0, 0.1) is 13.8 Å².